The standard InChI is InChI=1S/C13H21N3O2S/c14-8-3-11-19(17,18)15-12-4-6-13(7-5-12)16-9-1-2-10-16/h4-7,15H,1-3,8-11,14H2. The number of nitrogens with one attached hydrogen (secondary N) is 1. The smallest absolute Gasteiger partial charge is 0.232 e. The highest BCUT2D eigenvalue weighted by Gasteiger charge is 2.13. The van der Waals surface area contributed by atoms with Crippen molar-refractivity contribution in [3.63, 3.8) is 0 Å². The summed E-state index contributed by atoms with van der Waals surface area (Å²) in [5.41, 5.74) is 7.09. The molecule has 0 spiro atoms. The Morgan fingerprint density at radius 3 is 2.37 bits per heavy atom. The van der Waals surface area contributed by atoms with Crippen LogP contribution in [0.1, 0.15) is 19.3 Å². The van der Waals surface area contributed by atoms with Gasteiger partial charge in [0.25, 0.3) is 0 Å². The minimum absolute atomic E-state index is 0.0668. The van der Waals surface area contributed by atoms with Crippen molar-refractivity contribution in [2.45, 2.75) is 19.3 Å². The Morgan fingerprint density at radius 2 is 1.79 bits per heavy atom. The summed E-state index contributed by atoms with van der Waals surface area (Å²) in [6.07, 6.45) is 2.93. The average molecular weight is 283 g/mol. The fourth-order valence-electron chi connectivity index (χ4n) is 2.22. The Balaban J connectivity index is 1.98. The molecule has 0 saturated carbocycles. The van der Waals surface area contributed by atoms with Gasteiger partial charge in [0.1, 0.15) is 0 Å². The van der Waals surface area contributed by atoms with Crippen LogP contribution in [0.3, 0.4) is 0 Å². The van der Waals surface area contributed by atoms with E-state index in [9.17, 15) is 8.42 Å². The lowest BCUT2D eigenvalue weighted by Crippen LogP contribution is -2.19. The lowest BCUT2D eigenvalue weighted by molar-refractivity contribution is 0.599. The van der Waals surface area contributed by atoms with Crippen molar-refractivity contribution in [2.24, 2.45) is 5.73 Å². The number of nitrogens with two attached hydrogens (primary N) is 1. The SMILES string of the molecule is NCCCS(=O)(=O)Nc1ccc(N2CCCC2)cc1. The predicted octanol–water partition coefficient (Wildman–Crippen LogP) is 1.38. The molecule has 1 aliphatic heterocycles. The first-order valence-corrected chi connectivity index (χ1v) is 8.31. The molecule has 1 aromatic carbocycles. The summed E-state index contributed by atoms with van der Waals surface area (Å²) in [6.45, 7) is 2.55. The maximum atomic E-state index is 11.7. The third-order valence-corrected chi connectivity index (χ3v) is 4.60. The summed E-state index contributed by atoms with van der Waals surface area (Å²) >= 11 is 0. The molecule has 0 unspecified atom stereocenters. The molecular formula is C13H21N3O2S. The van der Waals surface area contributed by atoms with Crippen molar-refractivity contribution in [1.82, 2.24) is 0 Å². The number of benzene rings is 1. The van der Waals surface area contributed by atoms with E-state index in [-0.39, 0.29) is 5.75 Å². The van der Waals surface area contributed by atoms with E-state index in [1.165, 1.54) is 12.8 Å². The summed E-state index contributed by atoms with van der Waals surface area (Å²) in [6, 6.07) is 7.56. The van der Waals surface area contributed by atoms with Gasteiger partial charge < -0.3 is 10.6 Å². The summed E-state index contributed by atoms with van der Waals surface area (Å²) in [5.74, 6) is 0.0668. The molecule has 5 nitrogen and oxygen atoms in total. The fraction of sp³-hybridized carbons (Fsp3) is 0.538. The lowest BCUT2D eigenvalue weighted by atomic mass is 10.2. The van der Waals surface area contributed by atoms with E-state index in [1.807, 2.05) is 24.3 Å². The maximum absolute atomic E-state index is 11.7. The number of rotatable bonds is 6. The third-order valence-electron chi connectivity index (χ3n) is 3.23. The van der Waals surface area contributed by atoms with Crippen molar-refractivity contribution >= 4 is 21.4 Å². The summed E-state index contributed by atoms with van der Waals surface area (Å²) < 4.78 is 26.0. The second-order valence-corrected chi connectivity index (χ2v) is 6.65. The van der Waals surface area contributed by atoms with Gasteiger partial charge in [0, 0.05) is 24.5 Å². The lowest BCUT2D eigenvalue weighted by Gasteiger charge is -2.18. The van der Waals surface area contributed by atoms with Crippen LogP contribution >= 0.6 is 0 Å². The van der Waals surface area contributed by atoms with E-state index in [0.29, 0.717) is 18.7 Å². The van der Waals surface area contributed by atoms with Crippen molar-refractivity contribution < 1.29 is 8.42 Å². The van der Waals surface area contributed by atoms with Crippen LogP contribution in [0.2, 0.25) is 0 Å². The van der Waals surface area contributed by atoms with Crippen molar-refractivity contribution in [3.05, 3.63) is 24.3 Å². The fourth-order valence-corrected chi connectivity index (χ4v) is 3.36. The van der Waals surface area contributed by atoms with Crippen molar-refractivity contribution in [2.75, 3.05) is 35.0 Å². The predicted molar refractivity (Wildman–Crippen MR) is 79.0 cm³/mol. The highest BCUT2D eigenvalue weighted by Crippen LogP contribution is 2.22. The molecule has 19 heavy (non-hydrogen) atoms. The molecular weight excluding hydrogens is 262 g/mol. The molecule has 0 aromatic heterocycles. The van der Waals surface area contributed by atoms with Crippen LogP contribution in [0.5, 0.6) is 0 Å². The van der Waals surface area contributed by atoms with Gasteiger partial charge in [-0.1, -0.05) is 0 Å². The van der Waals surface area contributed by atoms with E-state index in [4.69, 9.17) is 5.73 Å². The number of nitrogens with zero attached hydrogens (tertiary/aromatic N) is 1. The van der Waals surface area contributed by atoms with E-state index in [0.717, 1.165) is 18.8 Å². The Morgan fingerprint density at radius 1 is 1.16 bits per heavy atom. The minimum Gasteiger partial charge on any atom is -0.372 e. The highest BCUT2D eigenvalue weighted by molar-refractivity contribution is 7.92. The van der Waals surface area contributed by atoms with E-state index in [1.54, 1.807) is 0 Å². The topological polar surface area (TPSA) is 75.4 Å². The molecule has 0 amide bonds. The van der Waals surface area contributed by atoms with Crippen LogP contribution in [0.15, 0.2) is 24.3 Å². The molecule has 2 rings (SSSR count). The zero-order valence-corrected chi connectivity index (χ0v) is 11.8. The molecule has 3 N–H and O–H groups in total. The average Bonchev–Trinajstić information content (AvgIpc) is 2.91. The van der Waals surface area contributed by atoms with Gasteiger partial charge in [0.15, 0.2) is 0 Å². The van der Waals surface area contributed by atoms with Crippen LogP contribution in [-0.2, 0) is 10.0 Å². The zero-order valence-electron chi connectivity index (χ0n) is 11.0. The Labute approximate surface area is 114 Å². The number of sulfonamides is 1. The maximum Gasteiger partial charge on any atom is 0.232 e. The summed E-state index contributed by atoms with van der Waals surface area (Å²) in [4.78, 5) is 2.31. The largest absolute Gasteiger partial charge is 0.372 e. The van der Waals surface area contributed by atoms with Crippen LogP contribution in [-0.4, -0.2) is 33.8 Å². The molecule has 0 atom stereocenters. The van der Waals surface area contributed by atoms with Crippen LogP contribution in [0.4, 0.5) is 11.4 Å². The molecule has 106 valence electrons. The molecule has 1 heterocycles. The van der Waals surface area contributed by atoms with Gasteiger partial charge in [0.2, 0.25) is 10.0 Å². The molecule has 0 aliphatic carbocycles. The molecule has 6 heteroatoms. The van der Waals surface area contributed by atoms with Crippen LogP contribution < -0.4 is 15.4 Å². The first kappa shape index (κ1) is 14.1. The van der Waals surface area contributed by atoms with Gasteiger partial charge >= 0.3 is 0 Å². The van der Waals surface area contributed by atoms with Gasteiger partial charge in [-0.15, -0.1) is 0 Å². The zero-order chi connectivity index (χ0) is 13.7. The normalized spacial score (nSPS) is 15.7. The molecule has 1 saturated heterocycles. The molecule has 1 fully saturated rings. The van der Waals surface area contributed by atoms with Gasteiger partial charge in [-0.3, -0.25) is 4.72 Å². The Bertz CT molecular complexity index is 493. The van der Waals surface area contributed by atoms with Crippen LogP contribution in [0, 0.1) is 0 Å². The third kappa shape index (κ3) is 4.11. The quantitative estimate of drug-likeness (QED) is 0.827. The first-order valence-electron chi connectivity index (χ1n) is 6.66. The van der Waals surface area contributed by atoms with Crippen molar-refractivity contribution in [1.29, 1.82) is 0 Å². The number of hydrogen-bond donors (Lipinski definition) is 2. The van der Waals surface area contributed by atoms with Gasteiger partial charge in [-0.25, -0.2) is 8.42 Å². The van der Waals surface area contributed by atoms with E-state index < -0.39 is 10.0 Å². The Kier molecular flexibility index (Phi) is 4.66. The second-order valence-electron chi connectivity index (χ2n) is 4.80. The second kappa shape index (κ2) is 6.25. The number of anilines is 2. The van der Waals surface area contributed by atoms with Crippen molar-refractivity contribution in [3.8, 4) is 0 Å². The Hall–Kier alpha value is -1.27. The van der Waals surface area contributed by atoms with E-state index in [2.05, 4.69) is 9.62 Å². The number of hydrogen-bond acceptors (Lipinski definition) is 4. The minimum atomic E-state index is -3.27. The molecule has 1 aliphatic rings. The highest BCUT2D eigenvalue weighted by atomic mass is 32.2. The van der Waals surface area contributed by atoms with Gasteiger partial charge in [0.05, 0.1) is 5.75 Å². The van der Waals surface area contributed by atoms with Crippen LogP contribution in [0.25, 0.3) is 0 Å². The summed E-state index contributed by atoms with van der Waals surface area (Å²) in [5, 5.41) is 0. The van der Waals surface area contributed by atoms with Gasteiger partial charge in [-0.05, 0) is 50.1 Å². The molecule has 0 radical (unpaired) electrons. The first-order chi connectivity index (χ1) is 9.11. The molecule has 1 aromatic rings. The van der Waals surface area contributed by atoms with E-state index >= 15 is 0 Å². The van der Waals surface area contributed by atoms with Gasteiger partial charge in [-0.2, -0.15) is 0 Å². The molecule has 0 bridgehead atoms. The monoisotopic (exact) mass is 283 g/mol. The summed E-state index contributed by atoms with van der Waals surface area (Å²) in [7, 11) is -3.27.